The third kappa shape index (κ3) is 5.09. The number of carbonyl (C=O) groups is 1. The normalized spacial score (nSPS) is 14.2. The average Bonchev–Trinajstić information content (AvgIpc) is 3.44. The summed E-state index contributed by atoms with van der Waals surface area (Å²) in [6.45, 7) is 3.87. The molecule has 1 fully saturated rings. The molecule has 1 saturated heterocycles. The number of carbonyl (C=O) groups excluding carboxylic acids is 1. The number of ether oxygens (including phenoxy) is 1. The molecule has 0 unspecified atom stereocenters. The fraction of sp³-hybridized carbons (Fsp3) is 0.348. The summed E-state index contributed by atoms with van der Waals surface area (Å²) in [7, 11) is 1.39. The van der Waals surface area contributed by atoms with Crippen LogP contribution in [0.25, 0.3) is 0 Å². The Kier molecular flexibility index (Phi) is 6.81. The van der Waals surface area contributed by atoms with Gasteiger partial charge in [0, 0.05) is 5.75 Å². The zero-order valence-corrected chi connectivity index (χ0v) is 18.0. The van der Waals surface area contributed by atoms with Crippen LogP contribution >= 0.6 is 11.8 Å². The van der Waals surface area contributed by atoms with Gasteiger partial charge in [0.1, 0.15) is 5.82 Å². The Morgan fingerprint density at radius 3 is 2.40 bits per heavy atom. The molecule has 2 aromatic carbocycles. The Morgan fingerprint density at radius 1 is 0.967 bits per heavy atom. The maximum atomic E-state index is 11.6. The Morgan fingerprint density at radius 2 is 1.70 bits per heavy atom. The second-order valence-electron chi connectivity index (χ2n) is 7.43. The van der Waals surface area contributed by atoms with Crippen molar-refractivity contribution in [1.82, 2.24) is 19.7 Å². The SMILES string of the molecule is COC(=O)c1ccc(CSc2nnc(CN3CCCC3)n2Cc2ccccc2)cc1. The highest BCUT2D eigenvalue weighted by atomic mass is 32.2. The van der Waals surface area contributed by atoms with E-state index in [0.717, 1.165) is 48.5 Å². The fourth-order valence-corrected chi connectivity index (χ4v) is 4.52. The highest BCUT2D eigenvalue weighted by molar-refractivity contribution is 7.98. The van der Waals surface area contributed by atoms with Crippen LogP contribution in [0.3, 0.4) is 0 Å². The molecule has 0 radical (unpaired) electrons. The van der Waals surface area contributed by atoms with Crippen molar-refractivity contribution < 1.29 is 9.53 Å². The summed E-state index contributed by atoms with van der Waals surface area (Å²) in [4.78, 5) is 14.1. The number of benzene rings is 2. The van der Waals surface area contributed by atoms with Crippen LogP contribution in [0.4, 0.5) is 0 Å². The molecule has 0 saturated carbocycles. The van der Waals surface area contributed by atoms with Crippen LogP contribution in [-0.2, 0) is 23.6 Å². The molecule has 7 heteroatoms. The van der Waals surface area contributed by atoms with Gasteiger partial charge in [0.2, 0.25) is 0 Å². The van der Waals surface area contributed by atoms with Gasteiger partial charge < -0.3 is 9.30 Å². The van der Waals surface area contributed by atoms with E-state index in [1.165, 1.54) is 25.5 Å². The zero-order valence-electron chi connectivity index (χ0n) is 17.2. The van der Waals surface area contributed by atoms with E-state index in [4.69, 9.17) is 4.74 Å². The van der Waals surface area contributed by atoms with E-state index < -0.39 is 0 Å². The van der Waals surface area contributed by atoms with Crippen molar-refractivity contribution in [3.8, 4) is 0 Å². The number of likely N-dealkylation sites (tertiary alicyclic amines) is 1. The number of aromatic nitrogens is 3. The first kappa shape index (κ1) is 20.6. The number of thioether (sulfide) groups is 1. The lowest BCUT2D eigenvalue weighted by Gasteiger charge is -2.16. The van der Waals surface area contributed by atoms with Gasteiger partial charge in [0.25, 0.3) is 0 Å². The first-order valence-corrected chi connectivity index (χ1v) is 11.2. The first-order valence-electron chi connectivity index (χ1n) is 10.2. The molecular formula is C23H26N4O2S. The standard InChI is InChI=1S/C23H26N4O2S/c1-29-22(28)20-11-9-19(10-12-20)17-30-23-25-24-21(16-26-13-5-6-14-26)27(23)15-18-7-3-2-4-8-18/h2-4,7-12H,5-6,13-17H2,1H3. The van der Waals surface area contributed by atoms with Gasteiger partial charge in [0.05, 0.1) is 25.8 Å². The molecule has 30 heavy (non-hydrogen) atoms. The van der Waals surface area contributed by atoms with Crippen molar-refractivity contribution in [3.05, 3.63) is 77.1 Å². The molecule has 0 aliphatic carbocycles. The first-order chi connectivity index (χ1) is 14.7. The second kappa shape index (κ2) is 9.91. The van der Waals surface area contributed by atoms with Gasteiger partial charge in [0.15, 0.2) is 5.16 Å². The molecule has 0 atom stereocenters. The molecule has 6 nitrogen and oxygen atoms in total. The van der Waals surface area contributed by atoms with Gasteiger partial charge in [-0.05, 0) is 49.2 Å². The second-order valence-corrected chi connectivity index (χ2v) is 8.37. The lowest BCUT2D eigenvalue weighted by Crippen LogP contribution is -2.21. The Labute approximate surface area is 181 Å². The Bertz CT molecular complexity index is 967. The van der Waals surface area contributed by atoms with Crippen LogP contribution in [0, 0.1) is 0 Å². The molecule has 4 rings (SSSR count). The topological polar surface area (TPSA) is 60.2 Å². The maximum absolute atomic E-state index is 11.6. The number of hydrogen-bond acceptors (Lipinski definition) is 6. The predicted molar refractivity (Wildman–Crippen MR) is 117 cm³/mol. The summed E-state index contributed by atoms with van der Waals surface area (Å²) >= 11 is 1.67. The lowest BCUT2D eigenvalue weighted by atomic mass is 10.1. The molecule has 0 N–H and O–H groups in total. The van der Waals surface area contributed by atoms with E-state index in [9.17, 15) is 4.79 Å². The summed E-state index contributed by atoms with van der Waals surface area (Å²) in [6.07, 6.45) is 2.52. The van der Waals surface area contributed by atoms with Gasteiger partial charge in [-0.3, -0.25) is 4.90 Å². The molecule has 0 bridgehead atoms. The van der Waals surface area contributed by atoms with E-state index in [-0.39, 0.29) is 5.97 Å². The summed E-state index contributed by atoms with van der Waals surface area (Å²) < 4.78 is 7.00. The van der Waals surface area contributed by atoms with Gasteiger partial charge in [-0.2, -0.15) is 0 Å². The number of nitrogens with zero attached hydrogens (tertiary/aromatic N) is 4. The lowest BCUT2D eigenvalue weighted by molar-refractivity contribution is 0.0600. The van der Waals surface area contributed by atoms with Crippen LogP contribution in [0.2, 0.25) is 0 Å². The molecule has 2 heterocycles. The Hall–Kier alpha value is -2.64. The largest absolute Gasteiger partial charge is 0.465 e. The molecule has 0 spiro atoms. The van der Waals surface area contributed by atoms with E-state index in [1.807, 2.05) is 18.2 Å². The molecular weight excluding hydrogens is 396 g/mol. The van der Waals surface area contributed by atoms with Crippen LogP contribution in [0.5, 0.6) is 0 Å². The number of hydrogen-bond donors (Lipinski definition) is 0. The van der Waals surface area contributed by atoms with E-state index in [2.05, 4.69) is 43.9 Å². The highest BCUT2D eigenvalue weighted by Crippen LogP contribution is 2.24. The van der Waals surface area contributed by atoms with Crippen molar-refractivity contribution in [3.63, 3.8) is 0 Å². The summed E-state index contributed by atoms with van der Waals surface area (Å²) in [5, 5.41) is 9.95. The van der Waals surface area contributed by atoms with Crippen LogP contribution in [0.15, 0.2) is 59.8 Å². The number of methoxy groups -OCH3 is 1. The van der Waals surface area contributed by atoms with Crippen LogP contribution in [0.1, 0.15) is 40.2 Å². The van der Waals surface area contributed by atoms with E-state index in [1.54, 1.807) is 23.9 Å². The third-order valence-corrected chi connectivity index (χ3v) is 6.32. The molecule has 156 valence electrons. The van der Waals surface area contributed by atoms with Crippen LogP contribution < -0.4 is 0 Å². The summed E-state index contributed by atoms with van der Waals surface area (Å²) in [6, 6.07) is 18.0. The highest BCUT2D eigenvalue weighted by Gasteiger charge is 2.18. The predicted octanol–water partition coefficient (Wildman–Crippen LogP) is 4.00. The van der Waals surface area contributed by atoms with Crippen molar-refractivity contribution >= 4 is 17.7 Å². The van der Waals surface area contributed by atoms with Gasteiger partial charge in [-0.25, -0.2) is 4.79 Å². The summed E-state index contributed by atoms with van der Waals surface area (Å²) in [5.74, 6) is 1.46. The number of esters is 1. The Balaban J connectivity index is 1.49. The quantitative estimate of drug-likeness (QED) is 0.404. The minimum atomic E-state index is -0.316. The van der Waals surface area contributed by atoms with E-state index in [0.29, 0.717) is 5.56 Å². The van der Waals surface area contributed by atoms with Crippen molar-refractivity contribution in [1.29, 1.82) is 0 Å². The van der Waals surface area contributed by atoms with Gasteiger partial charge in [-0.15, -0.1) is 10.2 Å². The molecule has 1 aliphatic heterocycles. The van der Waals surface area contributed by atoms with E-state index >= 15 is 0 Å². The molecule has 3 aromatic rings. The minimum Gasteiger partial charge on any atom is -0.465 e. The maximum Gasteiger partial charge on any atom is 0.337 e. The fourth-order valence-electron chi connectivity index (χ4n) is 3.61. The third-order valence-electron chi connectivity index (χ3n) is 5.28. The van der Waals surface area contributed by atoms with Gasteiger partial charge >= 0.3 is 5.97 Å². The van der Waals surface area contributed by atoms with Crippen molar-refractivity contribution in [2.75, 3.05) is 20.2 Å². The van der Waals surface area contributed by atoms with Crippen LogP contribution in [-0.4, -0.2) is 45.8 Å². The van der Waals surface area contributed by atoms with Crippen molar-refractivity contribution in [2.45, 2.75) is 36.8 Å². The summed E-state index contributed by atoms with van der Waals surface area (Å²) in [5.41, 5.74) is 2.93. The molecule has 1 aromatic heterocycles. The zero-order chi connectivity index (χ0) is 20.8. The molecule has 0 amide bonds. The smallest absolute Gasteiger partial charge is 0.337 e. The monoisotopic (exact) mass is 422 g/mol. The molecule has 1 aliphatic rings. The minimum absolute atomic E-state index is 0.316. The van der Waals surface area contributed by atoms with Crippen molar-refractivity contribution in [2.24, 2.45) is 0 Å². The average molecular weight is 423 g/mol. The number of rotatable bonds is 8. The van der Waals surface area contributed by atoms with Gasteiger partial charge in [-0.1, -0.05) is 54.2 Å².